The Morgan fingerprint density at radius 1 is 1.42 bits per heavy atom. The number of aromatic nitrogens is 1. The van der Waals surface area contributed by atoms with Crippen LogP contribution in [0.5, 0.6) is 5.75 Å². The molecule has 1 amide bonds. The average molecular weight is 322 g/mol. The average Bonchev–Trinajstić information content (AvgIpc) is 2.41. The van der Waals surface area contributed by atoms with Crippen molar-refractivity contribution in [2.24, 2.45) is 0 Å². The van der Waals surface area contributed by atoms with Crippen LogP contribution in [0.4, 0.5) is 11.5 Å². The predicted molar refractivity (Wildman–Crippen MR) is 77.3 cm³/mol. The third-order valence-corrected chi connectivity index (χ3v) is 3.13. The van der Waals surface area contributed by atoms with Crippen molar-refractivity contribution in [1.29, 1.82) is 0 Å². The second-order valence-corrected chi connectivity index (χ2v) is 4.60. The normalized spacial score (nSPS) is 10.0. The lowest BCUT2D eigenvalue weighted by atomic mass is 10.1. The van der Waals surface area contributed by atoms with E-state index in [9.17, 15) is 4.79 Å². The molecule has 98 valence electrons. The molecule has 0 radical (unpaired) electrons. The Balaban J connectivity index is 2.23. The van der Waals surface area contributed by atoms with Crippen molar-refractivity contribution in [3.63, 3.8) is 0 Å². The molecule has 0 unspecified atom stereocenters. The Morgan fingerprint density at radius 3 is 2.84 bits per heavy atom. The highest BCUT2D eigenvalue weighted by molar-refractivity contribution is 9.10. The third kappa shape index (κ3) is 3.03. The maximum absolute atomic E-state index is 12.1. The summed E-state index contributed by atoms with van der Waals surface area (Å²) in [6.45, 7) is 0. The Labute approximate surface area is 118 Å². The van der Waals surface area contributed by atoms with Crippen LogP contribution in [0.15, 0.2) is 41.0 Å². The van der Waals surface area contributed by atoms with Gasteiger partial charge in [0.2, 0.25) is 0 Å². The molecule has 2 rings (SSSR count). The van der Waals surface area contributed by atoms with E-state index in [1.54, 1.807) is 43.6 Å². The number of benzene rings is 1. The van der Waals surface area contributed by atoms with E-state index in [1.807, 2.05) is 0 Å². The summed E-state index contributed by atoms with van der Waals surface area (Å²) >= 11 is 3.31. The van der Waals surface area contributed by atoms with Crippen LogP contribution in [-0.2, 0) is 0 Å². The van der Waals surface area contributed by atoms with Crippen molar-refractivity contribution in [2.75, 3.05) is 18.2 Å². The third-order valence-electron chi connectivity index (χ3n) is 2.49. The quantitative estimate of drug-likeness (QED) is 0.852. The summed E-state index contributed by atoms with van der Waals surface area (Å²) in [5, 5.41) is 2.69. The molecule has 0 aliphatic carbocycles. The van der Waals surface area contributed by atoms with Crippen molar-refractivity contribution >= 4 is 33.3 Å². The van der Waals surface area contributed by atoms with Crippen LogP contribution < -0.4 is 15.8 Å². The minimum absolute atomic E-state index is 0.320. The van der Waals surface area contributed by atoms with Gasteiger partial charge in [-0.05, 0) is 40.2 Å². The van der Waals surface area contributed by atoms with Gasteiger partial charge in [0.1, 0.15) is 11.6 Å². The molecule has 0 aliphatic rings. The first kappa shape index (κ1) is 13.4. The van der Waals surface area contributed by atoms with Crippen LogP contribution in [0.25, 0.3) is 0 Å². The summed E-state index contributed by atoms with van der Waals surface area (Å²) in [5.41, 5.74) is 6.54. The maximum Gasteiger partial charge on any atom is 0.258 e. The smallest absolute Gasteiger partial charge is 0.258 e. The fraction of sp³-hybridized carbons (Fsp3) is 0.0769. The topological polar surface area (TPSA) is 77.2 Å². The number of carbonyl (C=O) groups is 1. The highest BCUT2D eigenvalue weighted by atomic mass is 79.9. The monoisotopic (exact) mass is 321 g/mol. The molecule has 6 heteroatoms. The van der Waals surface area contributed by atoms with Crippen LogP contribution in [0.3, 0.4) is 0 Å². The van der Waals surface area contributed by atoms with Gasteiger partial charge in [-0.3, -0.25) is 4.79 Å². The van der Waals surface area contributed by atoms with Crippen molar-refractivity contribution in [2.45, 2.75) is 0 Å². The van der Waals surface area contributed by atoms with Gasteiger partial charge in [-0.1, -0.05) is 0 Å². The van der Waals surface area contributed by atoms with E-state index >= 15 is 0 Å². The first-order chi connectivity index (χ1) is 9.11. The molecule has 0 spiro atoms. The summed E-state index contributed by atoms with van der Waals surface area (Å²) in [4.78, 5) is 16.2. The van der Waals surface area contributed by atoms with E-state index in [1.165, 1.54) is 0 Å². The van der Waals surface area contributed by atoms with E-state index in [0.29, 0.717) is 27.3 Å². The molecule has 2 aromatic rings. The van der Waals surface area contributed by atoms with Crippen LogP contribution in [0.2, 0.25) is 0 Å². The van der Waals surface area contributed by atoms with Gasteiger partial charge in [-0.15, -0.1) is 0 Å². The van der Waals surface area contributed by atoms with Gasteiger partial charge in [0.05, 0.1) is 17.1 Å². The van der Waals surface area contributed by atoms with Crippen LogP contribution in [0.1, 0.15) is 10.4 Å². The van der Waals surface area contributed by atoms with Gasteiger partial charge in [0.15, 0.2) is 0 Å². The van der Waals surface area contributed by atoms with Crippen molar-refractivity contribution < 1.29 is 9.53 Å². The summed E-state index contributed by atoms with van der Waals surface area (Å²) in [7, 11) is 1.54. The number of hydrogen-bond acceptors (Lipinski definition) is 4. The van der Waals surface area contributed by atoms with Crippen molar-refractivity contribution in [1.82, 2.24) is 4.98 Å². The summed E-state index contributed by atoms with van der Waals surface area (Å²) in [6.07, 6.45) is 1.59. The molecule has 1 aromatic carbocycles. The van der Waals surface area contributed by atoms with Gasteiger partial charge < -0.3 is 15.8 Å². The Morgan fingerprint density at radius 2 is 2.21 bits per heavy atom. The second kappa shape index (κ2) is 5.71. The number of halogens is 1. The van der Waals surface area contributed by atoms with Crippen LogP contribution in [0, 0.1) is 0 Å². The predicted octanol–water partition coefficient (Wildman–Crippen LogP) is 2.69. The number of ether oxygens (including phenoxy) is 1. The standard InChI is InChI=1S/C13H12BrN3O2/c1-19-8-4-5-9(11(15)7-8)13(18)17-12-10(14)3-2-6-16-12/h2-7H,15H2,1H3,(H,16,17,18). The van der Waals surface area contributed by atoms with E-state index in [-0.39, 0.29) is 5.91 Å². The molecule has 0 fully saturated rings. The number of hydrogen-bond donors (Lipinski definition) is 2. The van der Waals surface area contributed by atoms with Gasteiger partial charge in [-0.2, -0.15) is 0 Å². The van der Waals surface area contributed by atoms with E-state index in [2.05, 4.69) is 26.2 Å². The summed E-state index contributed by atoms with van der Waals surface area (Å²) < 4.78 is 5.74. The van der Waals surface area contributed by atoms with Crippen molar-refractivity contribution in [3.8, 4) is 5.75 Å². The summed E-state index contributed by atoms with van der Waals surface area (Å²) in [6, 6.07) is 8.45. The van der Waals surface area contributed by atoms with E-state index in [4.69, 9.17) is 10.5 Å². The summed E-state index contributed by atoms with van der Waals surface area (Å²) in [5.74, 6) is 0.732. The molecule has 1 heterocycles. The number of anilines is 2. The molecule has 0 saturated heterocycles. The Bertz CT molecular complexity index is 617. The zero-order valence-corrected chi connectivity index (χ0v) is 11.8. The van der Waals surface area contributed by atoms with Crippen LogP contribution in [-0.4, -0.2) is 18.0 Å². The number of carbonyl (C=O) groups excluding carboxylic acids is 1. The Hall–Kier alpha value is -2.08. The van der Waals surface area contributed by atoms with Gasteiger partial charge >= 0.3 is 0 Å². The lowest BCUT2D eigenvalue weighted by Crippen LogP contribution is -2.15. The van der Waals surface area contributed by atoms with Gasteiger partial charge in [-0.25, -0.2) is 4.98 Å². The van der Waals surface area contributed by atoms with E-state index < -0.39 is 0 Å². The molecule has 5 nitrogen and oxygen atoms in total. The molecule has 0 atom stereocenters. The van der Waals surface area contributed by atoms with Crippen molar-refractivity contribution in [3.05, 3.63) is 46.6 Å². The molecule has 0 bridgehead atoms. The lowest BCUT2D eigenvalue weighted by molar-refractivity contribution is 0.102. The highest BCUT2D eigenvalue weighted by Crippen LogP contribution is 2.23. The number of amides is 1. The number of nitrogens with zero attached hydrogens (tertiary/aromatic N) is 1. The molecular formula is C13H12BrN3O2. The number of rotatable bonds is 3. The first-order valence-corrected chi connectivity index (χ1v) is 6.26. The maximum atomic E-state index is 12.1. The number of nitrogens with one attached hydrogen (secondary N) is 1. The number of nitrogen functional groups attached to an aromatic ring is 1. The Kier molecular flexibility index (Phi) is 4.01. The zero-order chi connectivity index (χ0) is 13.8. The molecule has 1 aromatic heterocycles. The largest absolute Gasteiger partial charge is 0.497 e. The molecule has 19 heavy (non-hydrogen) atoms. The fourth-order valence-corrected chi connectivity index (χ4v) is 1.88. The molecule has 3 N–H and O–H groups in total. The van der Waals surface area contributed by atoms with Gasteiger partial charge in [0, 0.05) is 18.0 Å². The fourth-order valence-electron chi connectivity index (χ4n) is 1.53. The van der Waals surface area contributed by atoms with E-state index in [0.717, 1.165) is 0 Å². The first-order valence-electron chi connectivity index (χ1n) is 5.47. The zero-order valence-electron chi connectivity index (χ0n) is 10.2. The molecular weight excluding hydrogens is 310 g/mol. The van der Waals surface area contributed by atoms with Crippen LogP contribution >= 0.6 is 15.9 Å². The SMILES string of the molecule is COc1ccc(C(=O)Nc2ncccc2Br)c(N)c1. The molecule has 0 aliphatic heterocycles. The highest BCUT2D eigenvalue weighted by Gasteiger charge is 2.12. The number of methoxy groups -OCH3 is 1. The lowest BCUT2D eigenvalue weighted by Gasteiger charge is -2.09. The molecule has 0 saturated carbocycles. The minimum Gasteiger partial charge on any atom is -0.497 e. The minimum atomic E-state index is -0.320. The number of pyridine rings is 1. The van der Waals surface area contributed by atoms with Gasteiger partial charge in [0.25, 0.3) is 5.91 Å². The second-order valence-electron chi connectivity index (χ2n) is 3.74. The number of nitrogens with two attached hydrogens (primary N) is 1.